The molecule has 4 rings (SSSR count). The molecule has 1 aromatic heterocycles. The van der Waals surface area contributed by atoms with Crippen molar-refractivity contribution in [1.82, 2.24) is 10.2 Å². The molecule has 0 unspecified atom stereocenters. The Labute approximate surface area is 153 Å². The molecular weight excluding hydrogens is 336 g/mol. The molecular formula is C19H28N2O3S. The molecule has 1 aromatic rings. The van der Waals surface area contributed by atoms with E-state index < -0.39 is 0 Å². The summed E-state index contributed by atoms with van der Waals surface area (Å²) in [7, 11) is 0. The maximum absolute atomic E-state index is 12.9. The molecule has 138 valence electrons. The average Bonchev–Trinajstić information content (AvgIpc) is 3.07. The van der Waals surface area contributed by atoms with Crippen molar-refractivity contribution in [2.45, 2.75) is 38.3 Å². The lowest BCUT2D eigenvalue weighted by Gasteiger charge is -2.29. The van der Waals surface area contributed by atoms with Gasteiger partial charge < -0.3 is 19.7 Å². The second-order valence-electron chi connectivity index (χ2n) is 7.73. The van der Waals surface area contributed by atoms with Crippen LogP contribution in [0, 0.1) is 11.3 Å². The summed E-state index contributed by atoms with van der Waals surface area (Å²) in [4.78, 5) is 15.0. The standard InChI is InChI=1S/C19H28N2O3S/c22-18(13-24-12-16-1-7-23-11-16)21(10-15-2-8-25-14-15)17-9-19(17)3-5-20-6-4-19/h2,8,14,16-17,20H,1,3-7,9-13H2/t16-,17-/m1/s1. The van der Waals surface area contributed by atoms with E-state index in [1.54, 1.807) is 11.3 Å². The van der Waals surface area contributed by atoms with Crippen LogP contribution in [0.15, 0.2) is 16.8 Å². The van der Waals surface area contributed by atoms with E-state index in [1.165, 1.54) is 18.4 Å². The van der Waals surface area contributed by atoms with Gasteiger partial charge in [0.05, 0.1) is 13.2 Å². The molecule has 1 amide bonds. The van der Waals surface area contributed by atoms with Gasteiger partial charge in [0, 0.05) is 25.1 Å². The Kier molecular flexibility index (Phi) is 5.41. The van der Waals surface area contributed by atoms with Crippen LogP contribution in [0.2, 0.25) is 0 Å². The number of piperidine rings is 1. The van der Waals surface area contributed by atoms with Gasteiger partial charge in [0.25, 0.3) is 0 Å². The molecule has 1 aliphatic carbocycles. The zero-order valence-electron chi connectivity index (χ0n) is 14.7. The number of hydrogen-bond acceptors (Lipinski definition) is 5. The minimum Gasteiger partial charge on any atom is -0.381 e. The van der Waals surface area contributed by atoms with Crippen molar-refractivity contribution in [1.29, 1.82) is 0 Å². The second-order valence-corrected chi connectivity index (χ2v) is 8.51. The third-order valence-corrected chi connectivity index (χ3v) is 6.71. The first kappa shape index (κ1) is 17.5. The largest absolute Gasteiger partial charge is 0.381 e. The van der Waals surface area contributed by atoms with E-state index in [-0.39, 0.29) is 12.5 Å². The summed E-state index contributed by atoms with van der Waals surface area (Å²) in [5.41, 5.74) is 1.59. The van der Waals surface area contributed by atoms with Crippen molar-refractivity contribution in [2.75, 3.05) is 39.5 Å². The highest BCUT2D eigenvalue weighted by atomic mass is 32.1. The predicted octanol–water partition coefficient (Wildman–Crippen LogP) is 2.27. The van der Waals surface area contributed by atoms with E-state index in [0.717, 1.165) is 45.7 Å². The number of nitrogens with one attached hydrogen (secondary N) is 1. The molecule has 6 heteroatoms. The summed E-state index contributed by atoms with van der Waals surface area (Å²) < 4.78 is 11.1. The van der Waals surface area contributed by atoms with Crippen molar-refractivity contribution >= 4 is 17.2 Å². The molecule has 2 atom stereocenters. The quantitative estimate of drug-likeness (QED) is 0.806. The van der Waals surface area contributed by atoms with Crippen molar-refractivity contribution < 1.29 is 14.3 Å². The first-order valence-corrected chi connectivity index (χ1v) is 10.4. The van der Waals surface area contributed by atoms with E-state index in [9.17, 15) is 4.79 Å². The van der Waals surface area contributed by atoms with Crippen molar-refractivity contribution in [2.24, 2.45) is 11.3 Å². The average molecular weight is 365 g/mol. The van der Waals surface area contributed by atoms with E-state index in [2.05, 4.69) is 27.0 Å². The van der Waals surface area contributed by atoms with Gasteiger partial charge in [-0.15, -0.1) is 0 Å². The lowest BCUT2D eigenvalue weighted by atomic mass is 9.93. The zero-order chi connectivity index (χ0) is 17.1. The number of nitrogens with zero attached hydrogens (tertiary/aromatic N) is 1. The smallest absolute Gasteiger partial charge is 0.249 e. The number of thiophene rings is 1. The van der Waals surface area contributed by atoms with Gasteiger partial charge in [-0.05, 0) is 66.6 Å². The summed E-state index contributed by atoms with van der Waals surface area (Å²) in [6, 6.07) is 2.51. The van der Waals surface area contributed by atoms with Crippen LogP contribution in [0.3, 0.4) is 0 Å². The molecule has 3 fully saturated rings. The molecule has 3 heterocycles. The highest BCUT2D eigenvalue weighted by molar-refractivity contribution is 7.07. The maximum atomic E-state index is 12.9. The Morgan fingerprint density at radius 2 is 2.32 bits per heavy atom. The molecule has 25 heavy (non-hydrogen) atoms. The third-order valence-electron chi connectivity index (χ3n) is 5.98. The molecule has 5 nitrogen and oxygen atoms in total. The van der Waals surface area contributed by atoms with E-state index in [1.807, 2.05) is 0 Å². The van der Waals surface area contributed by atoms with Crippen LogP contribution < -0.4 is 5.32 Å². The van der Waals surface area contributed by atoms with Crippen molar-refractivity contribution in [3.05, 3.63) is 22.4 Å². The minimum absolute atomic E-state index is 0.144. The molecule has 0 bridgehead atoms. The Hall–Kier alpha value is -0.950. The number of carbonyl (C=O) groups excluding carboxylic acids is 1. The first-order chi connectivity index (χ1) is 12.3. The molecule has 2 aliphatic heterocycles. The van der Waals surface area contributed by atoms with Gasteiger partial charge in [-0.2, -0.15) is 11.3 Å². The van der Waals surface area contributed by atoms with Crippen LogP contribution >= 0.6 is 11.3 Å². The van der Waals surface area contributed by atoms with E-state index >= 15 is 0 Å². The topological polar surface area (TPSA) is 50.8 Å². The molecule has 1 spiro atoms. The number of ether oxygens (including phenoxy) is 2. The summed E-state index contributed by atoms with van der Waals surface area (Å²) in [6.07, 6.45) is 4.57. The summed E-state index contributed by atoms with van der Waals surface area (Å²) in [5, 5.41) is 7.67. The second kappa shape index (κ2) is 7.74. The van der Waals surface area contributed by atoms with Gasteiger partial charge in [-0.3, -0.25) is 4.79 Å². The summed E-state index contributed by atoms with van der Waals surface area (Å²) >= 11 is 1.69. The fraction of sp³-hybridized carbons (Fsp3) is 0.737. The molecule has 1 N–H and O–H groups in total. The predicted molar refractivity (Wildman–Crippen MR) is 97.6 cm³/mol. The first-order valence-electron chi connectivity index (χ1n) is 9.44. The van der Waals surface area contributed by atoms with Gasteiger partial charge >= 0.3 is 0 Å². The Morgan fingerprint density at radius 3 is 3.04 bits per heavy atom. The van der Waals surface area contributed by atoms with Crippen LogP contribution in [0.5, 0.6) is 0 Å². The summed E-state index contributed by atoms with van der Waals surface area (Å²) in [5.74, 6) is 0.598. The lowest BCUT2D eigenvalue weighted by Crippen LogP contribution is -2.40. The fourth-order valence-electron chi connectivity index (χ4n) is 4.29. The van der Waals surface area contributed by atoms with Gasteiger partial charge in [0.2, 0.25) is 5.91 Å². The molecule has 0 aromatic carbocycles. The number of carbonyl (C=O) groups is 1. The molecule has 3 aliphatic rings. The molecule has 2 saturated heterocycles. The highest BCUT2D eigenvalue weighted by Crippen LogP contribution is 2.56. The van der Waals surface area contributed by atoms with Crippen molar-refractivity contribution in [3.63, 3.8) is 0 Å². The van der Waals surface area contributed by atoms with Crippen LogP contribution in [-0.4, -0.2) is 56.4 Å². The Balaban J connectivity index is 1.35. The Bertz CT molecular complexity index is 565. The minimum atomic E-state index is 0.144. The maximum Gasteiger partial charge on any atom is 0.249 e. The molecule has 0 radical (unpaired) electrons. The number of amides is 1. The lowest BCUT2D eigenvalue weighted by molar-refractivity contribution is -0.138. The van der Waals surface area contributed by atoms with Gasteiger partial charge in [0.15, 0.2) is 0 Å². The Morgan fingerprint density at radius 1 is 1.44 bits per heavy atom. The van der Waals surface area contributed by atoms with Crippen LogP contribution in [-0.2, 0) is 20.8 Å². The number of rotatable bonds is 7. The molecule has 1 saturated carbocycles. The monoisotopic (exact) mass is 364 g/mol. The van der Waals surface area contributed by atoms with E-state index in [0.29, 0.717) is 24.0 Å². The van der Waals surface area contributed by atoms with Crippen LogP contribution in [0.1, 0.15) is 31.2 Å². The van der Waals surface area contributed by atoms with Gasteiger partial charge in [-0.25, -0.2) is 0 Å². The summed E-state index contributed by atoms with van der Waals surface area (Å²) in [6.45, 7) is 5.31. The zero-order valence-corrected chi connectivity index (χ0v) is 15.6. The number of hydrogen-bond donors (Lipinski definition) is 1. The third kappa shape index (κ3) is 4.08. The fourth-order valence-corrected chi connectivity index (χ4v) is 4.95. The van der Waals surface area contributed by atoms with Crippen molar-refractivity contribution in [3.8, 4) is 0 Å². The SMILES string of the molecule is O=C(COC[C@@H]1CCOC1)N(Cc1ccsc1)[C@@H]1CC12CCNCC2. The normalized spacial score (nSPS) is 27.5. The van der Waals surface area contributed by atoms with Crippen LogP contribution in [0.4, 0.5) is 0 Å². The van der Waals surface area contributed by atoms with Crippen LogP contribution in [0.25, 0.3) is 0 Å². The highest BCUT2D eigenvalue weighted by Gasteiger charge is 2.57. The van der Waals surface area contributed by atoms with Gasteiger partial charge in [0.1, 0.15) is 6.61 Å². The van der Waals surface area contributed by atoms with Gasteiger partial charge in [-0.1, -0.05) is 0 Å². The van der Waals surface area contributed by atoms with E-state index in [4.69, 9.17) is 9.47 Å².